The van der Waals surface area contributed by atoms with Gasteiger partial charge in [0.2, 0.25) is 5.91 Å². The maximum Gasteiger partial charge on any atom is 0.342 e. The number of carbonyl (C=O) groups excluding carboxylic acids is 4. The number of esters is 2. The molecule has 14 nitrogen and oxygen atoms in total. The summed E-state index contributed by atoms with van der Waals surface area (Å²) in [4.78, 5) is 49.2. The van der Waals surface area contributed by atoms with E-state index in [4.69, 9.17) is 18.7 Å². The zero-order valence-corrected chi connectivity index (χ0v) is 23.8. The minimum absolute atomic E-state index is 0.507. The largest absolute Gasteiger partial charge is 0.462 e. The fraction of sp³-hybridized carbons (Fsp3) is 0.739. The molecule has 0 bridgehead atoms. The maximum atomic E-state index is 15.9. The van der Waals surface area contributed by atoms with Gasteiger partial charge in [-0.1, -0.05) is 0 Å². The summed E-state index contributed by atoms with van der Waals surface area (Å²) in [6.45, 7) is 8.67. The Balaban J connectivity index is 2.29. The van der Waals surface area contributed by atoms with Gasteiger partial charge in [-0.05, 0) is 54.5 Å². The zero-order valence-electron chi connectivity index (χ0n) is 22.9. The molecule has 0 aromatic heterocycles. The Morgan fingerprint density at radius 2 is 1.62 bits per heavy atom. The molecule has 0 aromatic carbocycles. The second kappa shape index (κ2) is 12.5. The van der Waals surface area contributed by atoms with Gasteiger partial charge in [0.05, 0.1) is 18.6 Å². The van der Waals surface area contributed by atoms with E-state index >= 15 is 4.39 Å². The van der Waals surface area contributed by atoms with Crippen molar-refractivity contribution in [3.8, 4) is 0 Å². The van der Waals surface area contributed by atoms with Gasteiger partial charge >= 0.3 is 19.6 Å². The number of hydrogen-bond acceptors (Lipinski definition) is 11. The van der Waals surface area contributed by atoms with Crippen LogP contribution >= 0.6 is 7.67 Å². The average molecular weight is 582 g/mol. The number of carbonyl (C=O) groups is 4. The van der Waals surface area contributed by atoms with Crippen molar-refractivity contribution in [2.24, 2.45) is 0 Å². The fourth-order valence-corrected chi connectivity index (χ4v) is 5.53. The van der Waals surface area contributed by atoms with Crippen LogP contribution in [0.2, 0.25) is 0 Å². The molecule has 1 saturated heterocycles. The summed E-state index contributed by atoms with van der Waals surface area (Å²) in [5, 5.41) is 26.2. The van der Waals surface area contributed by atoms with Gasteiger partial charge in [-0.15, -0.1) is 0 Å². The predicted octanol–water partition coefficient (Wildman–Crippen LogP) is 0.420. The third-order valence-electron chi connectivity index (χ3n) is 5.64. The molecule has 0 radical (unpaired) electrons. The summed E-state index contributed by atoms with van der Waals surface area (Å²) >= 11 is 0. The molecule has 0 spiro atoms. The number of aliphatic hydroxyl groups excluding tert-OH is 1. The Hall–Kier alpha value is -2.26. The van der Waals surface area contributed by atoms with Crippen molar-refractivity contribution >= 4 is 31.3 Å². The van der Waals surface area contributed by atoms with Gasteiger partial charge < -0.3 is 24.4 Å². The lowest BCUT2D eigenvalue weighted by molar-refractivity contribution is -0.209. The van der Waals surface area contributed by atoms with Gasteiger partial charge in [-0.25, -0.2) is 14.6 Å². The zero-order chi connectivity index (χ0) is 29.9. The van der Waals surface area contributed by atoms with E-state index in [2.05, 4.69) is 10.2 Å². The molecule has 0 unspecified atom stereocenters. The summed E-state index contributed by atoms with van der Waals surface area (Å²) in [5.41, 5.74) is -2.40. The topological polar surface area (TPSA) is 190 Å². The number of rotatable bonds is 12. The Morgan fingerprint density at radius 3 is 2.05 bits per heavy atom. The summed E-state index contributed by atoms with van der Waals surface area (Å²) in [6, 6.07) is -2.54. The number of ketones is 1. The standard InChI is InChI=1S/C23H37FN3O11P/c1-12(2)36-18(30)14(5)25-39(34,26-15(6)19(31)37-13(3)4)35-11-23(24)20(32)22(7,33)21(38-23)27-9-8-16(28)10-17(27)29/h8-9,12-15,20-21,32-33H,10-11H2,1-7H3,(H2,25,26,34)/t14-,15-,20-,21+,22+,23+/m0/s1. The quantitative estimate of drug-likeness (QED) is 0.141. The summed E-state index contributed by atoms with van der Waals surface area (Å²) in [7, 11) is -4.52. The van der Waals surface area contributed by atoms with E-state index in [9.17, 15) is 34.0 Å². The van der Waals surface area contributed by atoms with Crippen LogP contribution in [0.3, 0.4) is 0 Å². The van der Waals surface area contributed by atoms with Gasteiger partial charge in [0.1, 0.15) is 30.4 Å². The Bertz CT molecular complexity index is 1000. The van der Waals surface area contributed by atoms with Crippen LogP contribution in [0.15, 0.2) is 12.3 Å². The average Bonchev–Trinajstić information content (AvgIpc) is 2.97. The SMILES string of the molecule is CC(C)OC(=O)[C@H](C)NP(=O)(N[C@@H](C)C(=O)OC(C)C)OC[C@@]1(F)O[C@@H](N2C=CC(=O)CC2=O)[C@](C)(O)[C@@H]1O. The molecular weight excluding hydrogens is 544 g/mol. The number of alkyl halides is 1. The number of nitrogens with zero attached hydrogens (tertiary/aromatic N) is 1. The first-order valence-corrected chi connectivity index (χ1v) is 13.9. The molecule has 2 rings (SSSR count). The van der Waals surface area contributed by atoms with Gasteiger partial charge in [0.15, 0.2) is 12.0 Å². The predicted molar refractivity (Wildman–Crippen MR) is 132 cm³/mol. The lowest BCUT2D eigenvalue weighted by Crippen LogP contribution is -2.54. The third kappa shape index (κ3) is 8.13. The summed E-state index contributed by atoms with van der Waals surface area (Å²) in [6.07, 6.45) is -3.66. The highest BCUT2D eigenvalue weighted by Crippen LogP contribution is 2.46. The van der Waals surface area contributed by atoms with Crippen LogP contribution in [0.1, 0.15) is 54.9 Å². The van der Waals surface area contributed by atoms with E-state index in [1.807, 2.05) is 0 Å². The lowest BCUT2D eigenvalue weighted by atomic mass is 9.94. The van der Waals surface area contributed by atoms with Crippen molar-refractivity contribution < 1.29 is 57.1 Å². The van der Waals surface area contributed by atoms with Gasteiger partial charge in [0, 0.05) is 6.20 Å². The molecule has 2 aliphatic heterocycles. The lowest BCUT2D eigenvalue weighted by Gasteiger charge is -2.34. The molecule has 1 fully saturated rings. The Kier molecular flexibility index (Phi) is 10.6. The van der Waals surface area contributed by atoms with Crippen molar-refractivity contribution in [3.05, 3.63) is 12.3 Å². The van der Waals surface area contributed by atoms with E-state index in [0.717, 1.165) is 24.1 Å². The van der Waals surface area contributed by atoms with Gasteiger partial charge in [-0.2, -0.15) is 0 Å². The molecule has 6 atom stereocenters. The molecule has 0 saturated carbocycles. The minimum atomic E-state index is -4.52. The summed E-state index contributed by atoms with van der Waals surface area (Å²) in [5.74, 6) is -6.21. The summed E-state index contributed by atoms with van der Waals surface area (Å²) < 4.78 is 50.3. The van der Waals surface area contributed by atoms with Crippen LogP contribution in [0.4, 0.5) is 4.39 Å². The molecule has 16 heteroatoms. The van der Waals surface area contributed by atoms with Crippen LogP contribution in [0, 0.1) is 0 Å². The molecule has 0 aromatic rings. The van der Waals surface area contributed by atoms with Crippen molar-refractivity contribution in [3.63, 3.8) is 0 Å². The third-order valence-corrected chi connectivity index (χ3v) is 7.58. The fourth-order valence-electron chi connectivity index (χ4n) is 3.72. The van der Waals surface area contributed by atoms with Crippen molar-refractivity contribution in [2.75, 3.05) is 6.61 Å². The Morgan fingerprint density at radius 1 is 1.13 bits per heavy atom. The molecule has 39 heavy (non-hydrogen) atoms. The highest BCUT2D eigenvalue weighted by Gasteiger charge is 2.65. The van der Waals surface area contributed by atoms with Crippen molar-refractivity contribution in [1.29, 1.82) is 0 Å². The number of nitrogens with one attached hydrogen (secondary N) is 2. The second-order valence-electron chi connectivity index (χ2n) is 10.1. The van der Waals surface area contributed by atoms with Crippen LogP contribution < -0.4 is 10.2 Å². The molecule has 222 valence electrons. The smallest absolute Gasteiger partial charge is 0.342 e. The Labute approximate surface area is 225 Å². The highest BCUT2D eigenvalue weighted by molar-refractivity contribution is 7.54. The monoisotopic (exact) mass is 581 g/mol. The van der Waals surface area contributed by atoms with E-state index < -0.39 is 92.4 Å². The molecule has 2 aliphatic rings. The first-order chi connectivity index (χ1) is 17.8. The number of allylic oxidation sites excluding steroid dienone is 1. The normalized spacial score (nSPS) is 29.2. The van der Waals surface area contributed by atoms with Crippen LogP contribution in [-0.4, -0.2) is 93.4 Å². The molecule has 1 amide bonds. The van der Waals surface area contributed by atoms with Crippen LogP contribution in [0.5, 0.6) is 0 Å². The number of hydrogen-bond donors (Lipinski definition) is 4. The number of halogens is 1. The molecule has 4 N–H and O–H groups in total. The van der Waals surface area contributed by atoms with E-state index in [-0.39, 0.29) is 0 Å². The molecule has 2 heterocycles. The second-order valence-corrected chi connectivity index (χ2v) is 12.0. The number of aliphatic hydroxyl groups is 2. The van der Waals surface area contributed by atoms with Crippen LogP contribution in [0.25, 0.3) is 0 Å². The minimum Gasteiger partial charge on any atom is -0.462 e. The van der Waals surface area contributed by atoms with Crippen LogP contribution in [-0.2, 0) is 42.5 Å². The van der Waals surface area contributed by atoms with E-state index in [0.29, 0.717) is 0 Å². The van der Waals surface area contributed by atoms with E-state index in [1.54, 1.807) is 27.7 Å². The van der Waals surface area contributed by atoms with E-state index in [1.165, 1.54) is 13.8 Å². The molecular formula is C23H37FN3O11P. The number of amides is 1. The van der Waals surface area contributed by atoms with Gasteiger partial charge in [0.25, 0.3) is 5.85 Å². The first kappa shape index (κ1) is 32.9. The van der Waals surface area contributed by atoms with Crippen molar-refractivity contribution in [2.45, 2.75) is 103 Å². The van der Waals surface area contributed by atoms with Crippen molar-refractivity contribution in [1.82, 2.24) is 15.1 Å². The first-order valence-electron chi connectivity index (χ1n) is 12.3. The number of ether oxygens (including phenoxy) is 3. The molecule has 0 aliphatic carbocycles. The maximum absolute atomic E-state index is 15.9. The van der Waals surface area contributed by atoms with Gasteiger partial charge in [-0.3, -0.25) is 33.2 Å². The highest BCUT2D eigenvalue weighted by atomic mass is 31.2.